The van der Waals surface area contributed by atoms with Crippen molar-refractivity contribution < 1.29 is 14.2 Å². The Morgan fingerprint density at radius 3 is 2.35 bits per heavy atom. The summed E-state index contributed by atoms with van der Waals surface area (Å²) in [7, 11) is 1.64. The third-order valence-electron chi connectivity index (χ3n) is 3.18. The van der Waals surface area contributed by atoms with E-state index >= 15 is 0 Å². The first kappa shape index (κ1) is 15.4. The monoisotopic (exact) mass is 327 g/mol. The van der Waals surface area contributed by atoms with Crippen LogP contribution in [0.25, 0.3) is 0 Å². The van der Waals surface area contributed by atoms with E-state index < -0.39 is 0 Å². The molecular weight excluding hydrogens is 310 g/mol. The van der Waals surface area contributed by atoms with Crippen LogP contribution in [0.1, 0.15) is 10.4 Å². The third-order valence-corrected chi connectivity index (χ3v) is 4.06. The van der Waals surface area contributed by atoms with Crippen molar-refractivity contribution in [1.29, 1.82) is 0 Å². The SMILES string of the molecule is COc1ccc(OCc2cnc(OCc3ccccc3)s2)cc1. The lowest BCUT2D eigenvalue weighted by Gasteiger charge is -2.05. The smallest absolute Gasteiger partial charge is 0.273 e. The number of hydrogen-bond acceptors (Lipinski definition) is 5. The fraction of sp³-hybridized carbons (Fsp3) is 0.167. The summed E-state index contributed by atoms with van der Waals surface area (Å²) in [4.78, 5) is 5.28. The standard InChI is InChI=1S/C18H17NO3S/c1-20-15-7-9-16(10-8-15)21-13-17-11-19-18(23-17)22-12-14-5-3-2-4-6-14/h2-11H,12-13H2,1H3. The quantitative estimate of drug-likeness (QED) is 0.648. The van der Waals surface area contributed by atoms with Crippen LogP contribution in [0, 0.1) is 0 Å². The van der Waals surface area contributed by atoms with Crippen LogP contribution < -0.4 is 14.2 Å². The minimum absolute atomic E-state index is 0.471. The van der Waals surface area contributed by atoms with Gasteiger partial charge in [0.1, 0.15) is 24.7 Å². The molecular formula is C18H17NO3S. The average Bonchev–Trinajstić information content (AvgIpc) is 3.07. The maximum absolute atomic E-state index is 5.73. The summed E-state index contributed by atoms with van der Waals surface area (Å²) in [5.41, 5.74) is 1.12. The molecule has 118 valence electrons. The molecule has 3 aromatic rings. The molecule has 0 bridgehead atoms. The number of benzene rings is 2. The predicted octanol–water partition coefficient (Wildman–Crippen LogP) is 4.31. The van der Waals surface area contributed by atoms with Gasteiger partial charge in [-0.15, -0.1) is 0 Å². The fourth-order valence-corrected chi connectivity index (χ4v) is 2.64. The zero-order chi connectivity index (χ0) is 15.9. The summed E-state index contributed by atoms with van der Waals surface area (Å²) < 4.78 is 16.5. The molecule has 3 rings (SSSR count). The van der Waals surface area contributed by atoms with E-state index in [0.29, 0.717) is 18.4 Å². The molecule has 0 N–H and O–H groups in total. The molecule has 5 heteroatoms. The molecule has 0 atom stereocenters. The number of methoxy groups -OCH3 is 1. The second-order valence-electron chi connectivity index (χ2n) is 4.83. The van der Waals surface area contributed by atoms with Gasteiger partial charge in [-0.25, -0.2) is 4.98 Å². The summed E-state index contributed by atoms with van der Waals surface area (Å²) >= 11 is 1.50. The van der Waals surface area contributed by atoms with Crippen LogP contribution in [-0.2, 0) is 13.2 Å². The highest BCUT2D eigenvalue weighted by atomic mass is 32.1. The van der Waals surface area contributed by atoms with Gasteiger partial charge in [-0.05, 0) is 29.8 Å². The second kappa shape index (κ2) is 7.65. The first-order valence-corrected chi connectivity index (χ1v) is 8.03. The van der Waals surface area contributed by atoms with Crippen LogP contribution in [-0.4, -0.2) is 12.1 Å². The van der Waals surface area contributed by atoms with E-state index in [4.69, 9.17) is 14.2 Å². The van der Waals surface area contributed by atoms with Gasteiger partial charge >= 0.3 is 0 Å². The van der Waals surface area contributed by atoms with E-state index in [9.17, 15) is 0 Å². The predicted molar refractivity (Wildman–Crippen MR) is 90.2 cm³/mol. The van der Waals surface area contributed by atoms with E-state index in [1.165, 1.54) is 11.3 Å². The number of nitrogens with zero attached hydrogens (tertiary/aromatic N) is 1. The number of aromatic nitrogens is 1. The van der Waals surface area contributed by atoms with Crippen molar-refractivity contribution in [2.75, 3.05) is 7.11 Å². The largest absolute Gasteiger partial charge is 0.497 e. The van der Waals surface area contributed by atoms with Crippen LogP contribution in [0.2, 0.25) is 0 Å². The van der Waals surface area contributed by atoms with Crippen LogP contribution in [0.3, 0.4) is 0 Å². The van der Waals surface area contributed by atoms with Gasteiger partial charge < -0.3 is 14.2 Å². The zero-order valence-corrected chi connectivity index (χ0v) is 13.6. The first-order valence-electron chi connectivity index (χ1n) is 7.22. The Morgan fingerprint density at radius 2 is 1.61 bits per heavy atom. The van der Waals surface area contributed by atoms with Crippen LogP contribution >= 0.6 is 11.3 Å². The first-order chi connectivity index (χ1) is 11.3. The summed E-state index contributed by atoms with van der Waals surface area (Å²) in [6.45, 7) is 0.992. The lowest BCUT2D eigenvalue weighted by molar-refractivity contribution is 0.304. The summed E-state index contributed by atoms with van der Waals surface area (Å²) in [5.74, 6) is 1.61. The molecule has 0 unspecified atom stereocenters. The van der Waals surface area contributed by atoms with Crippen molar-refractivity contribution >= 4 is 11.3 Å². The lowest BCUT2D eigenvalue weighted by Crippen LogP contribution is -1.94. The maximum atomic E-state index is 5.73. The van der Waals surface area contributed by atoms with Crippen LogP contribution in [0.15, 0.2) is 60.8 Å². The molecule has 0 saturated carbocycles. The Labute approximate surface area is 139 Å². The zero-order valence-electron chi connectivity index (χ0n) is 12.8. The number of rotatable bonds is 7. The minimum atomic E-state index is 0.471. The van der Waals surface area contributed by atoms with Gasteiger partial charge in [0.05, 0.1) is 12.0 Å². The molecule has 1 aromatic heterocycles. The van der Waals surface area contributed by atoms with Crippen molar-refractivity contribution in [3.8, 4) is 16.7 Å². The van der Waals surface area contributed by atoms with Gasteiger partial charge in [0.15, 0.2) is 0 Å². The van der Waals surface area contributed by atoms with E-state index in [1.807, 2.05) is 54.6 Å². The summed E-state index contributed by atoms with van der Waals surface area (Å²) in [6.07, 6.45) is 1.79. The van der Waals surface area contributed by atoms with Crippen molar-refractivity contribution in [1.82, 2.24) is 4.98 Å². The number of ether oxygens (including phenoxy) is 3. The molecule has 4 nitrogen and oxygen atoms in total. The van der Waals surface area contributed by atoms with E-state index in [1.54, 1.807) is 13.3 Å². The third kappa shape index (κ3) is 4.47. The van der Waals surface area contributed by atoms with Gasteiger partial charge in [0, 0.05) is 6.20 Å². The summed E-state index contributed by atoms with van der Waals surface area (Å²) in [6, 6.07) is 17.5. The molecule has 0 aliphatic rings. The number of thiazole rings is 1. The Morgan fingerprint density at radius 1 is 0.870 bits per heavy atom. The topological polar surface area (TPSA) is 40.6 Å². The molecule has 0 aliphatic carbocycles. The maximum Gasteiger partial charge on any atom is 0.273 e. The highest BCUT2D eigenvalue weighted by Gasteiger charge is 2.05. The molecule has 0 amide bonds. The van der Waals surface area contributed by atoms with Gasteiger partial charge in [0.25, 0.3) is 5.19 Å². The average molecular weight is 327 g/mol. The second-order valence-corrected chi connectivity index (χ2v) is 5.91. The minimum Gasteiger partial charge on any atom is -0.497 e. The normalized spacial score (nSPS) is 10.3. The molecule has 0 fully saturated rings. The van der Waals surface area contributed by atoms with Crippen molar-refractivity contribution in [3.63, 3.8) is 0 Å². The molecule has 0 spiro atoms. The highest BCUT2D eigenvalue weighted by Crippen LogP contribution is 2.24. The van der Waals surface area contributed by atoms with Crippen LogP contribution in [0.5, 0.6) is 16.7 Å². The highest BCUT2D eigenvalue weighted by molar-refractivity contribution is 7.13. The molecule has 23 heavy (non-hydrogen) atoms. The Balaban J connectivity index is 1.50. The van der Waals surface area contributed by atoms with Crippen molar-refractivity contribution in [3.05, 3.63) is 71.2 Å². The van der Waals surface area contributed by atoms with Crippen molar-refractivity contribution in [2.24, 2.45) is 0 Å². The van der Waals surface area contributed by atoms with E-state index in [0.717, 1.165) is 21.9 Å². The van der Waals surface area contributed by atoms with Crippen molar-refractivity contribution in [2.45, 2.75) is 13.2 Å². The molecule has 1 heterocycles. The number of hydrogen-bond donors (Lipinski definition) is 0. The summed E-state index contributed by atoms with van der Waals surface area (Å²) in [5, 5.41) is 0.655. The molecule has 0 saturated heterocycles. The molecule has 0 aliphatic heterocycles. The Kier molecular flexibility index (Phi) is 5.11. The van der Waals surface area contributed by atoms with Gasteiger partial charge in [-0.1, -0.05) is 41.7 Å². The lowest BCUT2D eigenvalue weighted by atomic mass is 10.2. The van der Waals surface area contributed by atoms with Crippen LogP contribution in [0.4, 0.5) is 0 Å². The fourth-order valence-electron chi connectivity index (χ4n) is 1.97. The van der Waals surface area contributed by atoms with E-state index in [-0.39, 0.29) is 0 Å². The van der Waals surface area contributed by atoms with Gasteiger partial charge in [-0.2, -0.15) is 0 Å². The van der Waals surface area contributed by atoms with Gasteiger partial charge in [0.2, 0.25) is 0 Å². The van der Waals surface area contributed by atoms with E-state index in [2.05, 4.69) is 4.98 Å². The van der Waals surface area contributed by atoms with Gasteiger partial charge in [-0.3, -0.25) is 0 Å². The molecule has 2 aromatic carbocycles. The Hall–Kier alpha value is -2.53. The molecule has 0 radical (unpaired) electrons. The Bertz CT molecular complexity index is 726.